The summed E-state index contributed by atoms with van der Waals surface area (Å²) in [6, 6.07) is 7.01. The van der Waals surface area contributed by atoms with Crippen LogP contribution in [0.2, 0.25) is 0 Å². The number of halogens is 3. The smallest absolute Gasteiger partial charge is 0.416 e. The minimum absolute atomic E-state index is 0.224. The third-order valence-corrected chi connectivity index (χ3v) is 5.84. The predicted molar refractivity (Wildman–Crippen MR) is 94.3 cm³/mol. The normalized spacial score (nSPS) is 20.1. The second kappa shape index (κ2) is 7.40. The van der Waals surface area contributed by atoms with Gasteiger partial charge in [-0.3, -0.25) is 9.69 Å². The molecule has 1 aromatic heterocycles. The highest BCUT2D eigenvalue weighted by atomic mass is 32.1. The van der Waals surface area contributed by atoms with Crippen LogP contribution in [0.4, 0.5) is 13.2 Å². The zero-order valence-corrected chi connectivity index (χ0v) is 15.1. The van der Waals surface area contributed by atoms with E-state index in [-0.39, 0.29) is 6.04 Å². The first-order valence-electron chi connectivity index (χ1n) is 8.45. The van der Waals surface area contributed by atoms with E-state index < -0.39 is 23.6 Å². The molecular weight excluding hydrogens is 363 g/mol. The highest BCUT2D eigenvalue weighted by Gasteiger charge is 2.33. The first-order valence-corrected chi connectivity index (χ1v) is 9.32. The molecule has 0 spiro atoms. The van der Waals surface area contributed by atoms with Gasteiger partial charge >= 0.3 is 12.1 Å². The fourth-order valence-corrected chi connectivity index (χ4v) is 4.51. The van der Waals surface area contributed by atoms with Crippen molar-refractivity contribution >= 4 is 17.3 Å². The van der Waals surface area contributed by atoms with Gasteiger partial charge in [0.2, 0.25) is 0 Å². The molecule has 140 valence electrons. The number of carboxylic acid groups (broad SMARTS) is 1. The number of aliphatic carboxylic acids is 1. The van der Waals surface area contributed by atoms with E-state index in [0.717, 1.165) is 41.1 Å². The van der Waals surface area contributed by atoms with Crippen molar-refractivity contribution in [2.24, 2.45) is 5.92 Å². The summed E-state index contributed by atoms with van der Waals surface area (Å²) < 4.78 is 38.6. The number of likely N-dealkylation sites (tertiary alicyclic amines) is 1. The lowest BCUT2D eigenvalue weighted by molar-refractivity contribution is -0.144. The number of benzene rings is 1. The summed E-state index contributed by atoms with van der Waals surface area (Å²) >= 11 is 1.55. The number of carbonyl (C=O) groups is 1. The van der Waals surface area contributed by atoms with Gasteiger partial charge in [-0.05, 0) is 61.0 Å². The molecule has 26 heavy (non-hydrogen) atoms. The molecule has 2 unspecified atom stereocenters. The Morgan fingerprint density at radius 3 is 2.54 bits per heavy atom. The molecule has 0 aliphatic carbocycles. The van der Waals surface area contributed by atoms with Crippen LogP contribution in [0.3, 0.4) is 0 Å². The number of hydrogen-bond donors (Lipinski definition) is 1. The van der Waals surface area contributed by atoms with Crippen LogP contribution in [-0.2, 0) is 11.0 Å². The Hall–Kier alpha value is -1.86. The quantitative estimate of drug-likeness (QED) is 0.811. The zero-order chi connectivity index (χ0) is 18.9. The van der Waals surface area contributed by atoms with Gasteiger partial charge in [0.05, 0.1) is 17.5 Å². The van der Waals surface area contributed by atoms with Crippen molar-refractivity contribution < 1.29 is 23.1 Å². The molecule has 1 saturated heterocycles. The van der Waals surface area contributed by atoms with E-state index in [1.54, 1.807) is 11.3 Å². The maximum absolute atomic E-state index is 12.9. The van der Waals surface area contributed by atoms with Crippen LogP contribution in [0.15, 0.2) is 35.7 Å². The Balaban J connectivity index is 1.95. The van der Waals surface area contributed by atoms with Crippen LogP contribution in [-0.4, -0.2) is 29.1 Å². The van der Waals surface area contributed by atoms with Gasteiger partial charge in [0.15, 0.2) is 0 Å². The molecule has 1 N–H and O–H groups in total. The average Bonchev–Trinajstić information content (AvgIpc) is 3.01. The minimum Gasteiger partial charge on any atom is -0.481 e. The Kier molecular flexibility index (Phi) is 5.39. The van der Waals surface area contributed by atoms with Gasteiger partial charge in [-0.2, -0.15) is 13.2 Å². The van der Waals surface area contributed by atoms with Crippen molar-refractivity contribution in [2.75, 3.05) is 13.1 Å². The van der Waals surface area contributed by atoms with Crippen molar-refractivity contribution in [1.29, 1.82) is 0 Å². The second-order valence-corrected chi connectivity index (χ2v) is 7.66. The number of thiophene rings is 1. The van der Waals surface area contributed by atoms with E-state index in [4.69, 9.17) is 0 Å². The van der Waals surface area contributed by atoms with E-state index >= 15 is 0 Å². The maximum Gasteiger partial charge on any atom is 0.416 e. The number of rotatable bonds is 4. The number of nitrogens with zero attached hydrogens (tertiary/aromatic N) is 1. The Bertz CT molecular complexity index is 770. The summed E-state index contributed by atoms with van der Waals surface area (Å²) in [5.74, 6) is -1.26. The lowest BCUT2D eigenvalue weighted by Gasteiger charge is -2.37. The van der Waals surface area contributed by atoms with E-state index in [2.05, 4.69) is 4.90 Å². The highest BCUT2D eigenvalue weighted by molar-refractivity contribution is 7.10. The molecule has 7 heteroatoms. The summed E-state index contributed by atoms with van der Waals surface area (Å²) in [5, 5.41) is 11.4. The van der Waals surface area contributed by atoms with Crippen molar-refractivity contribution in [2.45, 2.75) is 32.0 Å². The molecule has 1 aliphatic rings. The van der Waals surface area contributed by atoms with Gasteiger partial charge in [-0.15, -0.1) is 11.3 Å². The molecule has 0 bridgehead atoms. The fraction of sp³-hybridized carbons (Fsp3) is 0.421. The third kappa shape index (κ3) is 4.10. The van der Waals surface area contributed by atoms with Gasteiger partial charge in [0, 0.05) is 11.4 Å². The van der Waals surface area contributed by atoms with Crippen LogP contribution in [0, 0.1) is 12.8 Å². The topological polar surface area (TPSA) is 40.5 Å². The lowest BCUT2D eigenvalue weighted by Crippen LogP contribution is -2.41. The lowest BCUT2D eigenvalue weighted by atomic mass is 9.93. The Morgan fingerprint density at radius 2 is 2.00 bits per heavy atom. The van der Waals surface area contributed by atoms with Crippen LogP contribution in [0.25, 0.3) is 0 Å². The molecule has 0 radical (unpaired) electrons. The SMILES string of the molecule is Cc1csc(C(c2ccc(C(F)(F)F)cc2)N2CCCC(C(=O)O)C2)c1. The molecule has 0 amide bonds. The van der Waals surface area contributed by atoms with Crippen molar-refractivity contribution in [3.05, 3.63) is 57.3 Å². The molecule has 3 nitrogen and oxygen atoms in total. The summed E-state index contributed by atoms with van der Waals surface area (Å²) in [6.07, 6.45) is -2.97. The number of carboxylic acids is 1. The number of hydrogen-bond acceptors (Lipinski definition) is 3. The minimum atomic E-state index is -4.37. The first-order chi connectivity index (χ1) is 12.3. The molecule has 1 aromatic carbocycles. The van der Waals surface area contributed by atoms with Gasteiger partial charge in [-0.1, -0.05) is 12.1 Å². The largest absolute Gasteiger partial charge is 0.481 e. The first kappa shape index (κ1) is 18.9. The second-order valence-electron chi connectivity index (χ2n) is 6.72. The molecule has 2 aromatic rings. The molecule has 1 fully saturated rings. The summed E-state index contributed by atoms with van der Waals surface area (Å²) in [7, 11) is 0. The molecule has 3 rings (SSSR count). The van der Waals surface area contributed by atoms with E-state index in [1.165, 1.54) is 12.1 Å². The zero-order valence-electron chi connectivity index (χ0n) is 14.3. The molecular formula is C19H20F3NO2S. The van der Waals surface area contributed by atoms with Crippen LogP contribution < -0.4 is 0 Å². The molecule has 0 saturated carbocycles. The van der Waals surface area contributed by atoms with Gasteiger partial charge < -0.3 is 5.11 Å². The summed E-state index contributed by atoms with van der Waals surface area (Å²) in [4.78, 5) is 14.5. The highest BCUT2D eigenvalue weighted by Crippen LogP contribution is 2.37. The van der Waals surface area contributed by atoms with Crippen molar-refractivity contribution in [3.63, 3.8) is 0 Å². The Morgan fingerprint density at radius 1 is 1.31 bits per heavy atom. The van der Waals surface area contributed by atoms with E-state index in [1.807, 2.05) is 18.4 Å². The maximum atomic E-state index is 12.9. The van der Waals surface area contributed by atoms with E-state index in [9.17, 15) is 23.1 Å². The van der Waals surface area contributed by atoms with Crippen molar-refractivity contribution in [3.8, 4) is 0 Å². The fourth-order valence-electron chi connectivity index (χ4n) is 3.45. The van der Waals surface area contributed by atoms with E-state index in [0.29, 0.717) is 13.0 Å². The predicted octanol–water partition coefficient (Wildman–Crippen LogP) is 4.96. The van der Waals surface area contributed by atoms with Crippen molar-refractivity contribution in [1.82, 2.24) is 4.90 Å². The van der Waals surface area contributed by atoms with Crippen LogP contribution in [0.1, 0.15) is 40.5 Å². The summed E-state index contributed by atoms with van der Waals surface area (Å²) in [6.45, 7) is 3.10. The number of alkyl halides is 3. The molecule has 2 heterocycles. The number of aryl methyl sites for hydroxylation is 1. The Labute approximate surface area is 154 Å². The van der Waals surface area contributed by atoms with Gasteiger partial charge in [0.25, 0.3) is 0 Å². The molecule has 2 atom stereocenters. The van der Waals surface area contributed by atoms with Crippen LogP contribution in [0.5, 0.6) is 0 Å². The molecule has 1 aliphatic heterocycles. The average molecular weight is 383 g/mol. The summed E-state index contributed by atoms with van der Waals surface area (Å²) in [5.41, 5.74) is 1.17. The monoisotopic (exact) mass is 383 g/mol. The van der Waals surface area contributed by atoms with Crippen LogP contribution >= 0.6 is 11.3 Å². The third-order valence-electron chi connectivity index (χ3n) is 4.74. The van der Waals surface area contributed by atoms with Gasteiger partial charge in [0.1, 0.15) is 0 Å². The standard InChI is InChI=1S/C19H20F3NO2S/c1-12-9-16(26-11-12)17(23-8-2-3-14(10-23)18(24)25)13-4-6-15(7-5-13)19(20,21)22/h4-7,9,11,14,17H,2-3,8,10H2,1H3,(H,24,25). The number of piperidine rings is 1. The van der Waals surface area contributed by atoms with Gasteiger partial charge in [-0.25, -0.2) is 0 Å².